The molecular weight excluding hydrogens is 280 g/mol. The lowest BCUT2D eigenvalue weighted by molar-refractivity contribution is -0.153. The van der Waals surface area contributed by atoms with Crippen LogP contribution in [0.5, 0.6) is 0 Å². The van der Waals surface area contributed by atoms with Crippen molar-refractivity contribution in [3.05, 3.63) is 0 Å². The molecule has 0 saturated heterocycles. The first-order chi connectivity index (χ1) is 10.4. The summed E-state index contributed by atoms with van der Waals surface area (Å²) in [5.41, 5.74) is 0. The summed E-state index contributed by atoms with van der Waals surface area (Å²) in [6, 6.07) is 0. The van der Waals surface area contributed by atoms with E-state index in [4.69, 9.17) is 9.47 Å². The topological polar surface area (TPSA) is 52.6 Å². The van der Waals surface area contributed by atoms with Gasteiger partial charge in [0, 0.05) is 0 Å². The Morgan fingerprint density at radius 2 is 0.955 bits per heavy atom. The Labute approximate surface area is 134 Å². The molecule has 0 unspecified atom stereocenters. The highest BCUT2D eigenvalue weighted by molar-refractivity contribution is 5.72. The van der Waals surface area contributed by atoms with Crippen LogP contribution in [0.4, 0.5) is 0 Å². The quantitative estimate of drug-likeness (QED) is 0.728. The van der Waals surface area contributed by atoms with Gasteiger partial charge in [-0.05, 0) is 51.4 Å². The Balaban J connectivity index is 0.000000220. The van der Waals surface area contributed by atoms with Gasteiger partial charge < -0.3 is 9.47 Å². The van der Waals surface area contributed by atoms with E-state index in [1.165, 1.54) is 25.7 Å². The summed E-state index contributed by atoms with van der Waals surface area (Å²) in [5, 5.41) is 0. The zero-order valence-electron chi connectivity index (χ0n) is 14.6. The van der Waals surface area contributed by atoms with Crippen LogP contribution in [-0.2, 0) is 19.1 Å². The van der Waals surface area contributed by atoms with E-state index >= 15 is 0 Å². The maximum atomic E-state index is 11.1. The molecule has 0 atom stereocenters. The van der Waals surface area contributed by atoms with Crippen molar-refractivity contribution in [3.8, 4) is 0 Å². The van der Waals surface area contributed by atoms with E-state index in [1.54, 1.807) is 0 Å². The zero-order chi connectivity index (χ0) is 16.5. The summed E-state index contributed by atoms with van der Waals surface area (Å²) >= 11 is 0. The lowest BCUT2D eigenvalue weighted by Gasteiger charge is -2.12. The van der Waals surface area contributed by atoms with Crippen molar-refractivity contribution in [2.75, 3.05) is 0 Å². The van der Waals surface area contributed by atoms with Crippen molar-refractivity contribution in [1.82, 2.24) is 0 Å². The van der Waals surface area contributed by atoms with Gasteiger partial charge in [0.2, 0.25) is 0 Å². The number of rotatable bonds is 4. The largest absolute Gasteiger partial charge is 0.462 e. The minimum absolute atomic E-state index is 0.0237. The predicted octanol–water partition coefficient (Wildman–Crippen LogP) is 4.26. The van der Waals surface area contributed by atoms with Crippen molar-refractivity contribution in [2.24, 2.45) is 11.8 Å². The fourth-order valence-electron chi connectivity index (χ4n) is 2.61. The second-order valence-electron chi connectivity index (χ2n) is 7.00. The smallest absolute Gasteiger partial charge is 0.308 e. The first-order valence-corrected chi connectivity index (χ1v) is 8.81. The fraction of sp³-hybridized carbons (Fsp3) is 0.889. The number of ether oxygens (including phenoxy) is 2. The second kappa shape index (κ2) is 9.86. The highest BCUT2D eigenvalue weighted by Gasteiger charge is 2.21. The summed E-state index contributed by atoms with van der Waals surface area (Å²) in [4.78, 5) is 22.2. The number of carbonyl (C=O) groups is 2. The molecule has 0 radical (unpaired) electrons. The SMILES string of the molecule is CC(C)C(=O)OC1CCCC1.CC(C)C(=O)OC1CCCC1. The van der Waals surface area contributed by atoms with Crippen LogP contribution in [0, 0.1) is 11.8 Å². The van der Waals surface area contributed by atoms with Gasteiger partial charge in [-0.15, -0.1) is 0 Å². The standard InChI is InChI=1S/2C9H16O2/c2*1-7(2)9(10)11-8-5-3-4-6-8/h2*7-8H,3-6H2,1-2H3. The minimum atomic E-state index is -0.0445. The Kier molecular flexibility index (Phi) is 8.51. The molecule has 4 heteroatoms. The first kappa shape index (κ1) is 19.0. The molecule has 2 saturated carbocycles. The van der Waals surface area contributed by atoms with E-state index in [0.717, 1.165) is 25.7 Å². The summed E-state index contributed by atoms with van der Waals surface area (Å²) in [5.74, 6) is -0.0417. The highest BCUT2D eigenvalue weighted by Crippen LogP contribution is 2.22. The Hall–Kier alpha value is -1.06. The van der Waals surface area contributed by atoms with Gasteiger partial charge in [0.15, 0.2) is 0 Å². The molecule has 2 rings (SSSR count). The summed E-state index contributed by atoms with van der Waals surface area (Å²) in [6.07, 6.45) is 9.60. The molecule has 2 aliphatic rings. The first-order valence-electron chi connectivity index (χ1n) is 8.81. The molecule has 0 heterocycles. The third-order valence-electron chi connectivity index (χ3n) is 4.11. The van der Waals surface area contributed by atoms with E-state index < -0.39 is 0 Å². The van der Waals surface area contributed by atoms with Crippen LogP contribution in [0.25, 0.3) is 0 Å². The Morgan fingerprint density at radius 3 is 1.18 bits per heavy atom. The van der Waals surface area contributed by atoms with Gasteiger partial charge in [-0.1, -0.05) is 27.7 Å². The molecule has 0 aliphatic heterocycles. The molecular formula is C18H32O4. The monoisotopic (exact) mass is 312 g/mol. The van der Waals surface area contributed by atoms with Crippen molar-refractivity contribution < 1.29 is 19.1 Å². The van der Waals surface area contributed by atoms with Crippen molar-refractivity contribution in [1.29, 1.82) is 0 Å². The summed E-state index contributed by atoms with van der Waals surface area (Å²) in [7, 11) is 0. The van der Waals surface area contributed by atoms with Crippen LogP contribution in [0.3, 0.4) is 0 Å². The Bertz CT molecular complexity index is 303. The summed E-state index contributed by atoms with van der Waals surface area (Å²) < 4.78 is 10.5. The molecule has 0 aromatic heterocycles. The maximum Gasteiger partial charge on any atom is 0.308 e. The molecule has 0 N–H and O–H groups in total. The van der Waals surface area contributed by atoms with Gasteiger partial charge in [-0.2, -0.15) is 0 Å². The molecule has 2 aliphatic carbocycles. The van der Waals surface area contributed by atoms with Gasteiger partial charge in [0.25, 0.3) is 0 Å². The fourth-order valence-corrected chi connectivity index (χ4v) is 2.61. The lowest BCUT2D eigenvalue weighted by atomic mass is 10.2. The predicted molar refractivity (Wildman–Crippen MR) is 86.4 cm³/mol. The van der Waals surface area contributed by atoms with E-state index in [1.807, 2.05) is 27.7 Å². The highest BCUT2D eigenvalue weighted by atomic mass is 16.5. The molecule has 0 aromatic carbocycles. The van der Waals surface area contributed by atoms with Crippen LogP contribution in [0.15, 0.2) is 0 Å². The van der Waals surface area contributed by atoms with Crippen LogP contribution in [-0.4, -0.2) is 24.1 Å². The minimum Gasteiger partial charge on any atom is -0.462 e. The molecule has 128 valence electrons. The molecule has 2 fully saturated rings. The second-order valence-corrected chi connectivity index (χ2v) is 7.00. The van der Waals surface area contributed by atoms with E-state index in [9.17, 15) is 9.59 Å². The molecule has 0 spiro atoms. The van der Waals surface area contributed by atoms with Crippen LogP contribution in [0.1, 0.15) is 79.1 Å². The summed E-state index contributed by atoms with van der Waals surface area (Å²) in [6.45, 7) is 7.49. The van der Waals surface area contributed by atoms with Crippen molar-refractivity contribution in [2.45, 2.75) is 91.3 Å². The molecule has 22 heavy (non-hydrogen) atoms. The Morgan fingerprint density at radius 1 is 0.682 bits per heavy atom. The molecule has 0 aromatic rings. The normalized spacial score (nSPS) is 19.2. The van der Waals surface area contributed by atoms with Gasteiger partial charge in [-0.3, -0.25) is 9.59 Å². The van der Waals surface area contributed by atoms with Gasteiger partial charge in [0.05, 0.1) is 11.8 Å². The maximum absolute atomic E-state index is 11.1. The van der Waals surface area contributed by atoms with Crippen molar-refractivity contribution in [3.63, 3.8) is 0 Å². The van der Waals surface area contributed by atoms with E-state index in [0.29, 0.717) is 0 Å². The van der Waals surface area contributed by atoms with Crippen LogP contribution in [0.2, 0.25) is 0 Å². The zero-order valence-corrected chi connectivity index (χ0v) is 14.6. The molecule has 0 bridgehead atoms. The number of hydrogen-bond donors (Lipinski definition) is 0. The van der Waals surface area contributed by atoms with Crippen LogP contribution >= 0.6 is 0 Å². The van der Waals surface area contributed by atoms with E-state index in [2.05, 4.69) is 0 Å². The third kappa shape index (κ3) is 7.28. The van der Waals surface area contributed by atoms with E-state index in [-0.39, 0.29) is 36.0 Å². The molecule has 4 nitrogen and oxygen atoms in total. The lowest BCUT2D eigenvalue weighted by Crippen LogP contribution is -2.18. The average Bonchev–Trinajstić information content (AvgIpc) is 3.12. The van der Waals surface area contributed by atoms with Gasteiger partial charge in [-0.25, -0.2) is 0 Å². The third-order valence-corrected chi connectivity index (χ3v) is 4.11. The van der Waals surface area contributed by atoms with Gasteiger partial charge >= 0.3 is 11.9 Å². The van der Waals surface area contributed by atoms with Crippen molar-refractivity contribution >= 4 is 11.9 Å². The van der Waals surface area contributed by atoms with Gasteiger partial charge in [0.1, 0.15) is 12.2 Å². The number of esters is 2. The molecule has 0 amide bonds. The van der Waals surface area contributed by atoms with Crippen LogP contribution < -0.4 is 0 Å². The number of hydrogen-bond acceptors (Lipinski definition) is 4. The average molecular weight is 312 g/mol. The number of carbonyl (C=O) groups excluding carboxylic acids is 2.